The fraction of sp³-hybridized carbons (Fsp3) is 0.130. The minimum Gasteiger partial charge on any atom is -0.497 e. The van der Waals surface area contributed by atoms with Crippen molar-refractivity contribution in [2.45, 2.75) is 11.3 Å². The Kier molecular flexibility index (Phi) is 5.53. The van der Waals surface area contributed by atoms with E-state index in [2.05, 4.69) is 46.0 Å². The van der Waals surface area contributed by atoms with Gasteiger partial charge in [0, 0.05) is 10.3 Å². The largest absolute Gasteiger partial charge is 0.497 e. The highest BCUT2D eigenvalue weighted by molar-refractivity contribution is 7.98. The molecule has 0 aliphatic rings. The normalized spacial score (nSPS) is 10.8. The van der Waals surface area contributed by atoms with Crippen LogP contribution in [0.5, 0.6) is 5.75 Å². The lowest BCUT2D eigenvalue weighted by Crippen LogP contribution is -2.14. The number of thioether (sulfide) groups is 1. The summed E-state index contributed by atoms with van der Waals surface area (Å²) in [6.45, 7) is 0. The molecule has 5 nitrogen and oxygen atoms in total. The van der Waals surface area contributed by atoms with Gasteiger partial charge in [-0.1, -0.05) is 36.4 Å². The highest BCUT2D eigenvalue weighted by atomic mass is 32.2. The summed E-state index contributed by atoms with van der Waals surface area (Å²) in [5.41, 5.74) is 4.06. The van der Waals surface area contributed by atoms with Gasteiger partial charge in [0.05, 0.1) is 19.0 Å². The number of hydrogen-bond donors (Lipinski definition) is 2. The molecule has 0 radical (unpaired) electrons. The van der Waals surface area contributed by atoms with Gasteiger partial charge < -0.3 is 10.1 Å². The number of rotatable bonds is 6. The Morgan fingerprint density at radius 2 is 1.97 bits per heavy atom. The Morgan fingerprint density at radius 3 is 2.79 bits per heavy atom. The van der Waals surface area contributed by atoms with E-state index < -0.39 is 0 Å². The van der Waals surface area contributed by atoms with Crippen LogP contribution in [0.1, 0.15) is 5.56 Å². The molecule has 0 bridgehead atoms. The van der Waals surface area contributed by atoms with E-state index in [4.69, 9.17) is 4.74 Å². The van der Waals surface area contributed by atoms with Crippen molar-refractivity contribution in [3.05, 3.63) is 72.3 Å². The van der Waals surface area contributed by atoms with Gasteiger partial charge in [0.25, 0.3) is 0 Å². The van der Waals surface area contributed by atoms with Gasteiger partial charge in [0.2, 0.25) is 5.91 Å². The van der Waals surface area contributed by atoms with Crippen molar-refractivity contribution < 1.29 is 9.53 Å². The SMILES string of the molecule is COc1cccc(CC(=O)Nc2n[nH]c3cc(-c4ccccc4SC)ccc23)c1. The predicted molar refractivity (Wildman–Crippen MR) is 119 cm³/mol. The first-order chi connectivity index (χ1) is 14.2. The lowest BCUT2D eigenvalue weighted by molar-refractivity contribution is -0.115. The number of amides is 1. The maximum atomic E-state index is 12.5. The summed E-state index contributed by atoms with van der Waals surface area (Å²) in [5, 5.41) is 11.1. The first-order valence-electron chi connectivity index (χ1n) is 9.22. The molecule has 0 saturated carbocycles. The molecule has 0 spiro atoms. The molecule has 0 fully saturated rings. The highest BCUT2D eigenvalue weighted by Crippen LogP contribution is 2.32. The Bertz CT molecular complexity index is 1170. The van der Waals surface area contributed by atoms with Crippen molar-refractivity contribution in [1.29, 1.82) is 0 Å². The number of aromatic amines is 1. The van der Waals surface area contributed by atoms with E-state index >= 15 is 0 Å². The molecule has 3 aromatic carbocycles. The zero-order chi connectivity index (χ0) is 20.2. The monoisotopic (exact) mass is 403 g/mol. The van der Waals surface area contributed by atoms with Crippen molar-refractivity contribution in [2.75, 3.05) is 18.7 Å². The molecular weight excluding hydrogens is 382 g/mol. The van der Waals surface area contributed by atoms with E-state index in [1.807, 2.05) is 42.5 Å². The average molecular weight is 404 g/mol. The molecule has 29 heavy (non-hydrogen) atoms. The van der Waals surface area contributed by atoms with Crippen LogP contribution in [0.4, 0.5) is 5.82 Å². The van der Waals surface area contributed by atoms with Crippen LogP contribution in [0.3, 0.4) is 0 Å². The maximum Gasteiger partial charge on any atom is 0.230 e. The fourth-order valence-electron chi connectivity index (χ4n) is 3.31. The minimum absolute atomic E-state index is 0.122. The predicted octanol–water partition coefficient (Wildman–Crippen LogP) is 5.14. The number of carbonyl (C=O) groups excluding carboxylic acids is 1. The number of methoxy groups -OCH3 is 1. The summed E-state index contributed by atoms with van der Waals surface area (Å²) >= 11 is 1.72. The standard InChI is InChI=1S/C23H21N3O2S/c1-28-17-7-5-6-15(12-17)13-22(27)24-23-19-11-10-16(14-20(19)25-26-23)18-8-3-4-9-21(18)29-2/h3-12,14H,13H2,1-2H3,(H2,24,25,26,27). The van der Waals surface area contributed by atoms with E-state index in [-0.39, 0.29) is 12.3 Å². The number of nitrogens with zero attached hydrogens (tertiary/aromatic N) is 1. The molecule has 146 valence electrons. The van der Waals surface area contributed by atoms with Crippen molar-refractivity contribution in [3.8, 4) is 16.9 Å². The van der Waals surface area contributed by atoms with E-state index in [0.717, 1.165) is 27.8 Å². The van der Waals surface area contributed by atoms with Crippen LogP contribution >= 0.6 is 11.8 Å². The van der Waals surface area contributed by atoms with Crippen LogP contribution in [0.15, 0.2) is 71.6 Å². The summed E-state index contributed by atoms with van der Waals surface area (Å²) in [6, 6.07) is 21.9. The maximum absolute atomic E-state index is 12.5. The first-order valence-corrected chi connectivity index (χ1v) is 10.4. The number of anilines is 1. The van der Waals surface area contributed by atoms with Gasteiger partial charge in [0.1, 0.15) is 5.75 Å². The quantitative estimate of drug-likeness (QED) is 0.437. The highest BCUT2D eigenvalue weighted by Gasteiger charge is 2.12. The molecule has 1 heterocycles. The minimum atomic E-state index is -0.122. The van der Waals surface area contributed by atoms with E-state index in [9.17, 15) is 4.79 Å². The number of hydrogen-bond acceptors (Lipinski definition) is 4. The Hall–Kier alpha value is -3.25. The third-order valence-corrected chi connectivity index (χ3v) is 5.53. The number of aromatic nitrogens is 2. The van der Waals surface area contributed by atoms with Crippen LogP contribution in [-0.4, -0.2) is 29.5 Å². The summed E-state index contributed by atoms with van der Waals surface area (Å²) in [6.07, 6.45) is 2.33. The van der Waals surface area contributed by atoms with Gasteiger partial charge in [-0.2, -0.15) is 5.10 Å². The molecule has 0 aliphatic heterocycles. The Balaban J connectivity index is 1.55. The van der Waals surface area contributed by atoms with Crippen molar-refractivity contribution >= 4 is 34.4 Å². The second kappa shape index (κ2) is 8.41. The molecule has 4 aromatic rings. The Labute approximate surface area is 173 Å². The van der Waals surface area contributed by atoms with Gasteiger partial charge in [-0.3, -0.25) is 9.89 Å². The molecule has 0 aliphatic carbocycles. The second-order valence-electron chi connectivity index (χ2n) is 6.61. The van der Waals surface area contributed by atoms with Gasteiger partial charge in [-0.15, -0.1) is 11.8 Å². The average Bonchev–Trinajstić information content (AvgIpc) is 3.15. The molecule has 1 amide bonds. The third-order valence-electron chi connectivity index (χ3n) is 4.74. The van der Waals surface area contributed by atoms with E-state index in [1.54, 1.807) is 18.9 Å². The second-order valence-corrected chi connectivity index (χ2v) is 7.46. The molecule has 1 aromatic heterocycles. The van der Waals surface area contributed by atoms with Crippen molar-refractivity contribution in [1.82, 2.24) is 10.2 Å². The summed E-state index contributed by atoms with van der Waals surface area (Å²) in [7, 11) is 1.61. The van der Waals surface area contributed by atoms with Crippen LogP contribution in [0, 0.1) is 0 Å². The van der Waals surface area contributed by atoms with Gasteiger partial charge in [0.15, 0.2) is 5.82 Å². The number of ether oxygens (including phenoxy) is 1. The summed E-state index contributed by atoms with van der Waals surface area (Å²) in [4.78, 5) is 13.7. The zero-order valence-electron chi connectivity index (χ0n) is 16.2. The number of nitrogens with one attached hydrogen (secondary N) is 2. The topological polar surface area (TPSA) is 67.0 Å². The fourth-order valence-corrected chi connectivity index (χ4v) is 3.93. The molecule has 0 saturated heterocycles. The molecule has 0 atom stereocenters. The van der Waals surface area contributed by atoms with Crippen LogP contribution < -0.4 is 10.1 Å². The molecular formula is C23H21N3O2S. The van der Waals surface area contributed by atoms with Crippen LogP contribution in [-0.2, 0) is 11.2 Å². The lowest BCUT2D eigenvalue weighted by Gasteiger charge is -2.08. The lowest BCUT2D eigenvalue weighted by atomic mass is 10.0. The molecule has 2 N–H and O–H groups in total. The summed E-state index contributed by atoms with van der Waals surface area (Å²) < 4.78 is 5.21. The zero-order valence-corrected chi connectivity index (χ0v) is 17.0. The molecule has 4 rings (SSSR count). The number of benzene rings is 3. The van der Waals surface area contributed by atoms with Gasteiger partial charge in [-0.05, 0) is 53.3 Å². The van der Waals surface area contributed by atoms with Gasteiger partial charge in [-0.25, -0.2) is 0 Å². The first kappa shape index (κ1) is 19.1. The third kappa shape index (κ3) is 4.12. The van der Waals surface area contributed by atoms with Crippen LogP contribution in [0.2, 0.25) is 0 Å². The Morgan fingerprint density at radius 1 is 1.10 bits per heavy atom. The molecule has 0 unspecified atom stereocenters. The number of fused-ring (bicyclic) bond motifs is 1. The number of carbonyl (C=O) groups is 1. The van der Waals surface area contributed by atoms with E-state index in [0.29, 0.717) is 5.82 Å². The summed E-state index contributed by atoms with van der Waals surface area (Å²) in [5.74, 6) is 1.15. The van der Waals surface area contributed by atoms with Crippen molar-refractivity contribution in [2.24, 2.45) is 0 Å². The number of H-pyrrole nitrogens is 1. The van der Waals surface area contributed by atoms with E-state index in [1.165, 1.54) is 10.5 Å². The van der Waals surface area contributed by atoms with Gasteiger partial charge >= 0.3 is 0 Å². The molecule has 6 heteroatoms. The van der Waals surface area contributed by atoms with Crippen molar-refractivity contribution in [3.63, 3.8) is 0 Å². The smallest absolute Gasteiger partial charge is 0.230 e. The van der Waals surface area contributed by atoms with Crippen LogP contribution in [0.25, 0.3) is 22.0 Å².